The summed E-state index contributed by atoms with van der Waals surface area (Å²) in [6, 6.07) is 13.3. The molecule has 2 aromatic heterocycles. The number of nitrogens with one attached hydrogen (secondary N) is 1. The fraction of sp³-hybridized carbons (Fsp3) is 0.280. The SMILES string of the molecule is COc1ccc(N2CCN(C(=O)CSc3nc4[nH]ncc4c(=O)n3-c3ccc(C)c(Cl)c3)CC2)cc1. The lowest BCUT2D eigenvalue weighted by molar-refractivity contribution is -0.128. The Morgan fingerprint density at radius 2 is 1.83 bits per heavy atom. The van der Waals surface area contributed by atoms with Crippen molar-refractivity contribution in [3.8, 4) is 11.4 Å². The molecule has 3 heterocycles. The van der Waals surface area contributed by atoms with Crippen LogP contribution in [0.1, 0.15) is 5.56 Å². The van der Waals surface area contributed by atoms with Gasteiger partial charge < -0.3 is 14.5 Å². The van der Waals surface area contributed by atoms with Crippen molar-refractivity contribution in [3.05, 3.63) is 69.6 Å². The van der Waals surface area contributed by atoms with Gasteiger partial charge >= 0.3 is 0 Å². The molecule has 1 amide bonds. The lowest BCUT2D eigenvalue weighted by Gasteiger charge is -2.36. The van der Waals surface area contributed by atoms with Crippen LogP contribution in [0, 0.1) is 6.92 Å². The maximum atomic E-state index is 13.3. The highest BCUT2D eigenvalue weighted by Gasteiger charge is 2.23. The number of H-pyrrole nitrogens is 1. The zero-order valence-electron chi connectivity index (χ0n) is 19.9. The molecule has 36 heavy (non-hydrogen) atoms. The Labute approximate surface area is 217 Å². The van der Waals surface area contributed by atoms with Crippen LogP contribution in [0.15, 0.2) is 58.6 Å². The van der Waals surface area contributed by atoms with Gasteiger partial charge in [0.2, 0.25) is 5.91 Å². The highest BCUT2D eigenvalue weighted by molar-refractivity contribution is 7.99. The standard InChI is InChI=1S/C25H25ClN6O3S/c1-16-3-4-18(13-21(16)26)32-24(34)20-14-27-29-23(20)28-25(32)36-15-22(33)31-11-9-30(10-12-31)17-5-7-19(35-2)8-6-17/h3-8,13-14H,9-12,15H2,1-2H3,(H,27,29). The van der Waals surface area contributed by atoms with Gasteiger partial charge in [0.15, 0.2) is 10.8 Å². The van der Waals surface area contributed by atoms with E-state index in [0.29, 0.717) is 40.0 Å². The van der Waals surface area contributed by atoms with E-state index in [2.05, 4.69) is 20.1 Å². The second-order valence-electron chi connectivity index (χ2n) is 8.46. The Balaban J connectivity index is 1.30. The van der Waals surface area contributed by atoms with Gasteiger partial charge in [-0.15, -0.1) is 0 Å². The summed E-state index contributed by atoms with van der Waals surface area (Å²) in [6.07, 6.45) is 1.46. The Morgan fingerprint density at radius 1 is 1.11 bits per heavy atom. The van der Waals surface area contributed by atoms with Gasteiger partial charge in [0.05, 0.1) is 24.7 Å². The summed E-state index contributed by atoms with van der Waals surface area (Å²) >= 11 is 7.56. The van der Waals surface area contributed by atoms with Gasteiger partial charge in [0, 0.05) is 36.9 Å². The molecular weight excluding hydrogens is 500 g/mol. The first-order valence-corrected chi connectivity index (χ1v) is 12.8. The molecule has 4 aromatic rings. The predicted octanol–water partition coefficient (Wildman–Crippen LogP) is 3.52. The molecular formula is C25H25ClN6O3S. The number of carbonyl (C=O) groups excluding carboxylic acids is 1. The van der Waals surface area contributed by atoms with Gasteiger partial charge in [0.1, 0.15) is 11.1 Å². The molecule has 9 nitrogen and oxygen atoms in total. The monoisotopic (exact) mass is 524 g/mol. The van der Waals surface area contributed by atoms with E-state index >= 15 is 0 Å². The lowest BCUT2D eigenvalue weighted by atomic mass is 10.2. The number of aromatic amines is 1. The number of benzene rings is 2. The number of aromatic nitrogens is 4. The average molecular weight is 525 g/mol. The predicted molar refractivity (Wildman–Crippen MR) is 142 cm³/mol. The lowest BCUT2D eigenvalue weighted by Crippen LogP contribution is -2.49. The van der Waals surface area contributed by atoms with Crippen molar-refractivity contribution >= 4 is 46.0 Å². The van der Waals surface area contributed by atoms with Crippen LogP contribution in [0.3, 0.4) is 0 Å². The van der Waals surface area contributed by atoms with Gasteiger partial charge in [-0.2, -0.15) is 5.10 Å². The number of carbonyl (C=O) groups is 1. The molecule has 1 fully saturated rings. The number of thioether (sulfide) groups is 1. The Morgan fingerprint density at radius 3 is 2.53 bits per heavy atom. The normalized spacial score (nSPS) is 13.9. The van der Waals surface area contributed by atoms with Crippen molar-refractivity contribution < 1.29 is 9.53 Å². The van der Waals surface area contributed by atoms with Crippen LogP contribution in [0.4, 0.5) is 5.69 Å². The summed E-state index contributed by atoms with van der Waals surface area (Å²) < 4.78 is 6.72. The highest BCUT2D eigenvalue weighted by atomic mass is 35.5. The number of hydrogen-bond donors (Lipinski definition) is 1. The summed E-state index contributed by atoms with van der Waals surface area (Å²) in [6.45, 7) is 4.63. The molecule has 1 aliphatic heterocycles. The molecule has 0 spiro atoms. The van der Waals surface area contributed by atoms with Crippen LogP contribution < -0.4 is 15.2 Å². The van der Waals surface area contributed by atoms with Gasteiger partial charge in [-0.05, 0) is 48.9 Å². The molecule has 0 saturated carbocycles. The van der Waals surface area contributed by atoms with E-state index < -0.39 is 0 Å². The number of aryl methyl sites for hydroxylation is 1. The third kappa shape index (κ3) is 4.78. The number of hydrogen-bond acceptors (Lipinski definition) is 7. The number of piperazine rings is 1. The van der Waals surface area contributed by atoms with Crippen molar-refractivity contribution in [2.24, 2.45) is 0 Å². The van der Waals surface area contributed by atoms with Gasteiger partial charge in [-0.3, -0.25) is 19.3 Å². The molecule has 186 valence electrons. The van der Waals surface area contributed by atoms with Crippen LogP contribution in [-0.2, 0) is 4.79 Å². The first kappa shape index (κ1) is 24.2. The van der Waals surface area contributed by atoms with Gasteiger partial charge in [-0.1, -0.05) is 29.4 Å². The van der Waals surface area contributed by atoms with Crippen LogP contribution in [-0.4, -0.2) is 69.6 Å². The van der Waals surface area contributed by atoms with Crippen molar-refractivity contribution in [2.45, 2.75) is 12.1 Å². The first-order valence-electron chi connectivity index (χ1n) is 11.5. The Hall–Kier alpha value is -3.50. The average Bonchev–Trinajstić information content (AvgIpc) is 3.38. The third-order valence-electron chi connectivity index (χ3n) is 6.26. The van der Waals surface area contributed by atoms with Crippen LogP contribution >= 0.6 is 23.4 Å². The molecule has 1 N–H and O–H groups in total. The second-order valence-corrected chi connectivity index (χ2v) is 9.80. The van der Waals surface area contributed by atoms with E-state index in [0.717, 1.165) is 30.1 Å². The molecule has 1 saturated heterocycles. The van der Waals surface area contributed by atoms with Crippen molar-refractivity contribution in [3.63, 3.8) is 0 Å². The van der Waals surface area contributed by atoms with Crippen LogP contribution in [0.2, 0.25) is 5.02 Å². The van der Waals surface area contributed by atoms with Gasteiger partial charge in [0.25, 0.3) is 5.56 Å². The minimum atomic E-state index is -0.267. The molecule has 1 aliphatic rings. The van der Waals surface area contributed by atoms with Crippen LogP contribution in [0.25, 0.3) is 16.7 Å². The number of halogens is 1. The molecule has 0 aliphatic carbocycles. The molecule has 0 radical (unpaired) electrons. The fourth-order valence-electron chi connectivity index (χ4n) is 4.14. The topological polar surface area (TPSA) is 96.3 Å². The smallest absolute Gasteiger partial charge is 0.269 e. The van der Waals surface area contributed by atoms with Crippen molar-refractivity contribution in [1.29, 1.82) is 0 Å². The number of nitrogens with zero attached hydrogens (tertiary/aromatic N) is 5. The number of anilines is 1. The molecule has 0 atom stereocenters. The first-order chi connectivity index (χ1) is 17.4. The zero-order valence-corrected chi connectivity index (χ0v) is 21.5. The quantitative estimate of drug-likeness (QED) is 0.304. The van der Waals surface area contributed by atoms with E-state index in [9.17, 15) is 9.59 Å². The van der Waals surface area contributed by atoms with E-state index in [1.165, 1.54) is 22.5 Å². The molecule has 0 unspecified atom stereocenters. The van der Waals surface area contributed by atoms with E-state index in [4.69, 9.17) is 16.3 Å². The van der Waals surface area contributed by atoms with Crippen molar-refractivity contribution in [1.82, 2.24) is 24.6 Å². The number of methoxy groups -OCH3 is 1. The Bertz CT molecular complexity index is 1460. The second kappa shape index (κ2) is 10.2. The number of rotatable bonds is 6. The minimum Gasteiger partial charge on any atom is -0.497 e. The summed E-state index contributed by atoms with van der Waals surface area (Å²) in [5, 5.41) is 8.04. The number of amides is 1. The summed E-state index contributed by atoms with van der Waals surface area (Å²) in [4.78, 5) is 35.0. The van der Waals surface area contributed by atoms with E-state index in [1.54, 1.807) is 13.2 Å². The molecule has 2 aromatic carbocycles. The van der Waals surface area contributed by atoms with Crippen LogP contribution in [0.5, 0.6) is 5.75 Å². The fourth-order valence-corrected chi connectivity index (χ4v) is 5.23. The minimum absolute atomic E-state index is 0.00169. The summed E-state index contributed by atoms with van der Waals surface area (Å²) in [7, 11) is 1.65. The highest BCUT2D eigenvalue weighted by Crippen LogP contribution is 2.25. The van der Waals surface area contributed by atoms with Gasteiger partial charge in [-0.25, -0.2) is 4.98 Å². The number of fused-ring (bicyclic) bond motifs is 1. The molecule has 5 rings (SSSR count). The van der Waals surface area contributed by atoms with Crippen molar-refractivity contribution in [2.75, 3.05) is 43.9 Å². The molecule has 11 heteroatoms. The zero-order chi connectivity index (χ0) is 25.2. The summed E-state index contributed by atoms with van der Waals surface area (Å²) in [5.74, 6) is 0.980. The summed E-state index contributed by atoms with van der Waals surface area (Å²) in [5.41, 5.74) is 2.72. The van der Waals surface area contributed by atoms with E-state index in [-0.39, 0.29) is 17.2 Å². The Kier molecular flexibility index (Phi) is 6.88. The molecule has 0 bridgehead atoms. The maximum Gasteiger partial charge on any atom is 0.269 e. The number of ether oxygens (including phenoxy) is 1. The maximum absolute atomic E-state index is 13.3. The third-order valence-corrected chi connectivity index (χ3v) is 7.59. The van der Waals surface area contributed by atoms with E-state index in [1.807, 2.05) is 48.2 Å². The largest absolute Gasteiger partial charge is 0.497 e.